The molecule has 0 radical (unpaired) electrons. The fourth-order valence-electron chi connectivity index (χ4n) is 1.65. The summed E-state index contributed by atoms with van der Waals surface area (Å²) in [5, 5.41) is 0.591. The lowest BCUT2D eigenvalue weighted by Gasteiger charge is -2.07. The highest BCUT2D eigenvalue weighted by atomic mass is 35.5. The maximum atomic E-state index is 12.0. The second-order valence-electron chi connectivity index (χ2n) is 4.18. The highest BCUT2D eigenvalue weighted by molar-refractivity contribution is 7.89. The summed E-state index contributed by atoms with van der Waals surface area (Å²) in [6.07, 6.45) is 0. The molecule has 0 aliphatic rings. The Labute approximate surface area is 132 Å². The summed E-state index contributed by atoms with van der Waals surface area (Å²) >= 11 is 11.7. The Morgan fingerprint density at radius 2 is 1.71 bits per heavy atom. The molecule has 0 saturated heterocycles. The van der Waals surface area contributed by atoms with Gasteiger partial charge >= 0.3 is 0 Å². The maximum absolute atomic E-state index is 12.0. The zero-order valence-electron chi connectivity index (χ0n) is 10.7. The largest absolute Gasteiger partial charge is 0.293 e. The Morgan fingerprint density at radius 1 is 1.05 bits per heavy atom. The number of hydrogen-bond donors (Lipinski definition) is 1. The number of Topliss-reactive ketones (excluding diaryl/α,β-unsaturated/α-hetero) is 1. The number of sulfonamides is 1. The smallest absolute Gasteiger partial charge is 0.240 e. The van der Waals surface area contributed by atoms with Crippen molar-refractivity contribution in [1.82, 2.24) is 4.72 Å². The molecular weight excluding hydrogens is 333 g/mol. The van der Waals surface area contributed by atoms with Gasteiger partial charge in [0.1, 0.15) is 0 Å². The third-order valence-electron chi connectivity index (χ3n) is 2.71. The van der Waals surface area contributed by atoms with Crippen molar-refractivity contribution in [2.75, 3.05) is 6.54 Å². The van der Waals surface area contributed by atoms with Gasteiger partial charge in [0, 0.05) is 10.6 Å². The summed E-state index contributed by atoms with van der Waals surface area (Å²) in [7, 11) is -3.72. The molecule has 0 aliphatic heterocycles. The number of halogens is 2. The topological polar surface area (TPSA) is 63.2 Å². The number of benzene rings is 2. The molecule has 0 bridgehead atoms. The quantitative estimate of drug-likeness (QED) is 0.848. The zero-order chi connectivity index (χ0) is 15.5. The van der Waals surface area contributed by atoms with Gasteiger partial charge < -0.3 is 0 Å². The average Bonchev–Trinajstić information content (AvgIpc) is 2.46. The van der Waals surface area contributed by atoms with E-state index in [1.807, 2.05) is 0 Å². The number of carbonyl (C=O) groups excluding carboxylic acids is 1. The van der Waals surface area contributed by atoms with Crippen molar-refractivity contribution in [3.05, 3.63) is 64.1 Å². The van der Waals surface area contributed by atoms with Crippen molar-refractivity contribution in [3.63, 3.8) is 0 Å². The van der Waals surface area contributed by atoms with Crippen molar-refractivity contribution in [2.24, 2.45) is 0 Å². The molecule has 0 atom stereocenters. The van der Waals surface area contributed by atoms with Crippen molar-refractivity contribution in [3.8, 4) is 0 Å². The monoisotopic (exact) mass is 343 g/mol. The molecule has 1 N–H and O–H groups in total. The van der Waals surface area contributed by atoms with E-state index in [0.29, 0.717) is 5.02 Å². The molecule has 0 aromatic heterocycles. The lowest BCUT2D eigenvalue weighted by Crippen LogP contribution is -2.29. The molecule has 2 rings (SSSR count). The molecule has 0 saturated carbocycles. The Hall–Kier alpha value is -1.40. The molecule has 0 amide bonds. The van der Waals surface area contributed by atoms with Crippen molar-refractivity contribution in [1.29, 1.82) is 0 Å². The summed E-state index contributed by atoms with van der Waals surface area (Å²) < 4.78 is 26.2. The van der Waals surface area contributed by atoms with Gasteiger partial charge in [0.25, 0.3) is 0 Å². The molecule has 0 heterocycles. The van der Waals surface area contributed by atoms with Crippen LogP contribution >= 0.6 is 23.2 Å². The van der Waals surface area contributed by atoms with Gasteiger partial charge in [-0.2, -0.15) is 0 Å². The highest BCUT2D eigenvalue weighted by Crippen LogP contribution is 2.21. The summed E-state index contributed by atoms with van der Waals surface area (Å²) in [5.74, 6) is -0.434. The normalized spacial score (nSPS) is 11.3. The molecule has 4 nitrogen and oxygen atoms in total. The minimum absolute atomic E-state index is 0.0972. The van der Waals surface area contributed by atoms with E-state index >= 15 is 0 Å². The van der Waals surface area contributed by atoms with Crippen LogP contribution in [0.15, 0.2) is 53.4 Å². The van der Waals surface area contributed by atoms with Crippen LogP contribution in [-0.2, 0) is 10.0 Å². The summed E-state index contributed by atoms with van der Waals surface area (Å²) in [4.78, 5) is 12.1. The third kappa shape index (κ3) is 4.04. The van der Waals surface area contributed by atoms with Crippen LogP contribution in [0.1, 0.15) is 10.4 Å². The third-order valence-corrected chi connectivity index (χ3v) is 4.67. The van der Waals surface area contributed by atoms with Gasteiger partial charge in [-0.1, -0.05) is 41.4 Å². The van der Waals surface area contributed by atoms with Gasteiger partial charge in [0.2, 0.25) is 10.0 Å². The summed E-state index contributed by atoms with van der Waals surface area (Å²) in [5.41, 5.74) is 0.219. The van der Waals surface area contributed by atoms with E-state index in [4.69, 9.17) is 23.2 Å². The van der Waals surface area contributed by atoms with Crippen LogP contribution in [0.2, 0.25) is 10.0 Å². The number of carbonyl (C=O) groups is 1. The van der Waals surface area contributed by atoms with Crippen molar-refractivity contribution >= 4 is 39.0 Å². The second kappa shape index (κ2) is 6.58. The lowest BCUT2D eigenvalue weighted by atomic mass is 10.1. The van der Waals surface area contributed by atoms with E-state index in [9.17, 15) is 13.2 Å². The van der Waals surface area contributed by atoms with Crippen LogP contribution in [0, 0.1) is 0 Å². The van der Waals surface area contributed by atoms with Crippen molar-refractivity contribution < 1.29 is 13.2 Å². The van der Waals surface area contributed by atoms with Crippen LogP contribution in [0.5, 0.6) is 0 Å². The molecule has 0 unspecified atom stereocenters. The average molecular weight is 344 g/mol. The summed E-state index contributed by atoms with van der Waals surface area (Å²) in [6.45, 7) is -0.376. The van der Waals surface area contributed by atoms with Crippen LogP contribution in [0.4, 0.5) is 0 Å². The number of nitrogens with one attached hydrogen (secondary N) is 1. The SMILES string of the molecule is O=C(CNS(=O)(=O)c1ccccc1)c1ccc(Cl)cc1Cl. The van der Waals surface area contributed by atoms with Gasteiger partial charge in [0.15, 0.2) is 5.78 Å². The van der Waals surface area contributed by atoms with E-state index in [1.54, 1.807) is 18.2 Å². The molecule has 2 aromatic carbocycles. The minimum atomic E-state index is -3.72. The van der Waals surface area contributed by atoms with Gasteiger partial charge in [-0.15, -0.1) is 0 Å². The van der Waals surface area contributed by atoms with Gasteiger partial charge in [-0.3, -0.25) is 4.79 Å². The zero-order valence-corrected chi connectivity index (χ0v) is 13.0. The second-order valence-corrected chi connectivity index (χ2v) is 6.80. The first-order valence-corrected chi connectivity index (χ1v) is 8.17. The molecule has 2 aromatic rings. The molecular formula is C14H11Cl2NO3S. The van der Waals surface area contributed by atoms with E-state index in [1.165, 1.54) is 30.3 Å². The molecule has 110 valence electrons. The van der Waals surface area contributed by atoms with Gasteiger partial charge in [-0.25, -0.2) is 13.1 Å². The van der Waals surface area contributed by atoms with Crippen LogP contribution in [0.25, 0.3) is 0 Å². The maximum Gasteiger partial charge on any atom is 0.240 e. The summed E-state index contributed by atoms with van der Waals surface area (Å²) in [6, 6.07) is 12.2. The first-order valence-electron chi connectivity index (χ1n) is 5.93. The molecule has 21 heavy (non-hydrogen) atoms. The number of hydrogen-bond acceptors (Lipinski definition) is 3. The Balaban J connectivity index is 2.11. The van der Waals surface area contributed by atoms with E-state index in [0.717, 1.165) is 0 Å². The molecule has 0 spiro atoms. The first kappa shape index (κ1) is 16.0. The van der Waals surface area contributed by atoms with Crippen LogP contribution in [-0.4, -0.2) is 20.7 Å². The van der Waals surface area contributed by atoms with Gasteiger partial charge in [0.05, 0.1) is 16.5 Å². The van der Waals surface area contributed by atoms with Crippen LogP contribution in [0.3, 0.4) is 0 Å². The highest BCUT2D eigenvalue weighted by Gasteiger charge is 2.17. The fourth-order valence-corrected chi connectivity index (χ4v) is 3.17. The minimum Gasteiger partial charge on any atom is -0.293 e. The van der Waals surface area contributed by atoms with Crippen LogP contribution < -0.4 is 4.72 Å². The standard InChI is InChI=1S/C14H11Cl2NO3S/c15-10-6-7-12(13(16)8-10)14(18)9-17-21(19,20)11-4-2-1-3-5-11/h1-8,17H,9H2. The Kier molecular flexibility index (Phi) is 5.00. The fraction of sp³-hybridized carbons (Fsp3) is 0.0714. The van der Waals surface area contributed by atoms with Gasteiger partial charge in [-0.05, 0) is 30.3 Å². The Morgan fingerprint density at radius 3 is 2.33 bits per heavy atom. The molecule has 0 aliphatic carbocycles. The van der Waals surface area contributed by atoms with E-state index in [2.05, 4.69) is 4.72 Å². The predicted molar refractivity (Wildman–Crippen MR) is 82.4 cm³/mol. The van der Waals surface area contributed by atoms with E-state index in [-0.39, 0.29) is 22.0 Å². The predicted octanol–water partition coefficient (Wildman–Crippen LogP) is 3.15. The molecule has 7 heteroatoms. The Bertz CT molecular complexity index is 761. The number of rotatable bonds is 5. The van der Waals surface area contributed by atoms with E-state index < -0.39 is 15.8 Å². The lowest BCUT2D eigenvalue weighted by molar-refractivity contribution is 0.0997. The van der Waals surface area contributed by atoms with Crippen molar-refractivity contribution in [2.45, 2.75) is 4.90 Å². The molecule has 0 fully saturated rings. The first-order chi connectivity index (χ1) is 9.90. The number of ketones is 1.